The van der Waals surface area contributed by atoms with Gasteiger partial charge in [-0.25, -0.2) is 4.39 Å². The number of amides is 1. The highest BCUT2D eigenvalue weighted by atomic mass is 19.1. The number of rotatable bonds is 4. The number of aromatic hydroxyl groups is 1. The Morgan fingerprint density at radius 1 is 1.14 bits per heavy atom. The Morgan fingerprint density at radius 3 is 2.59 bits per heavy atom. The number of furan rings is 1. The van der Waals surface area contributed by atoms with Crippen molar-refractivity contribution in [1.29, 1.82) is 0 Å². The molecule has 0 bridgehead atoms. The zero-order valence-corrected chi connectivity index (χ0v) is 15.9. The van der Waals surface area contributed by atoms with Crippen LogP contribution in [0.2, 0.25) is 0 Å². The van der Waals surface area contributed by atoms with Gasteiger partial charge in [-0.1, -0.05) is 36.4 Å². The number of aromatic nitrogens is 1. The first-order valence-corrected chi connectivity index (χ1v) is 9.02. The first kappa shape index (κ1) is 18.6. The number of nitrogens with zero attached hydrogens (tertiary/aromatic N) is 3. The number of carbonyl (C=O) groups excluding carboxylic acids is 1. The first-order valence-electron chi connectivity index (χ1n) is 9.02. The molecule has 2 aromatic carbocycles. The van der Waals surface area contributed by atoms with Crippen LogP contribution in [0.3, 0.4) is 0 Å². The van der Waals surface area contributed by atoms with E-state index in [-0.39, 0.29) is 23.9 Å². The van der Waals surface area contributed by atoms with Gasteiger partial charge in [0, 0.05) is 10.9 Å². The normalized spacial score (nSPS) is 11.6. The first-order chi connectivity index (χ1) is 14.0. The van der Waals surface area contributed by atoms with Crippen LogP contribution in [0.1, 0.15) is 27.4 Å². The van der Waals surface area contributed by atoms with Gasteiger partial charge in [0.2, 0.25) is 5.88 Å². The monoisotopic (exact) mass is 391 g/mol. The Bertz CT molecular complexity index is 1250. The van der Waals surface area contributed by atoms with E-state index in [1.165, 1.54) is 6.07 Å². The number of hydrogen-bond acceptors (Lipinski definition) is 4. The highest BCUT2D eigenvalue weighted by Crippen LogP contribution is 2.39. The predicted octanol–water partition coefficient (Wildman–Crippen LogP) is 5.67. The Labute approximate surface area is 165 Å². The Morgan fingerprint density at radius 2 is 1.86 bits per heavy atom. The third kappa shape index (κ3) is 3.42. The Kier molecular flexibility index (Phi) is 4.72. The van der Waals surface area contributed by atoms with Crippen LogP contribution >= 0.6 is 0 Å². The summed E-state index contributed by atoms with van der Waals surface area (Å²) >= 11 is 0. The molecule has 2 aromatic heterocycles. The number of azo groups is 1. The van der Waals surface area contributed by atoms with E-state index in [0.717, 1.165) is 0 Å². The van der Waals surface area contributed by atoms with Gasteiger partial charge in [-0.05, 0) is 32.0 Å². The summed E-state index contributed by atoms with van der Waals surface area (Å²) in [5.41, 5.74) is 1.56. The van der Waals surface area contributed by atoms with Gasteiger partial charge in [-0.15, -0.1) is 10.2 Å². The van der Waals surface area contributed by atoms with Gasteiger partial charge in [0.05, 0.1) is 17.6 Å². The van der Waals surface area contributed by atoms with Gasteiger partial charge in [-0.2, -0.15) is 0 Å². The van der Waals surface area contributed by atoms with Gasteiger partial charge in [0.25, 0.3) is 5.91 Å². The smallest absolute Gasteiger partial charge is 0.298 e. The highest BCUT2D eigenvalue weighted by Gasteiger charge is 2.19. The van der Waals surface area contributed by atoms with Crippen molar-refractivity contribution in [2.24, 2.45) is 10.2 Å². The van der Waals surface area contributed by atoms with Gasteiger partial charge >= 0.3 is 0 Å². The molecule has 0 radical (unpaired) electrons. The van der Waals surface area contributed by atoms with E-state index in [2.05, 4.69) is 10.2 Å². The van der Waals surface area contributed by atoms with Gasteiger partial charge < -0.3 is 14.1 Å². The lowest BCUT2D eigenvalue weighted by molar-refractivity contribution is 0.0993. The van der Waals surface area contributed by atoms with Crippen molar-refractivity contribution < 1.29 is 18.7 Å². The number of carbonyl (C=O) groups is 1. The molecule has 146 valence electrons. The maximum Gasteiger partial charge on any atom is 0.298 e. The maximum absolute atomic E-state index is 14.1. The summed E-state index contributed by atoms with van der Waals surface area (Å²) < 4.78 is 21.0. The Hall–Kier alpha value is -3.74. The third-order valence-corrected chi connectivity index (χ3v) is 4.72. The lowest BCUT2D eigenvalue weighted by Crippen LogP contribution is -2.01. The van der Waals surface area contributed by atoms with Crippen molar-refractivity contribution in [3.8, 4) is 5.88 Å². The summed E-state index contributed by atoms with van der Waals surface area (Å²) in [6.07, 6.45) is 0. The van der Waals surface area contributed by atoms with Crippen molar-refractivity contribution in [3.05, 3.63) is 83.1 Å². The number of aryl methyl sites for hydroxylation is 2. The second kappa shape index (κ2) is 7.35. The summed E-state index contributed by atoms with van der Waals surface area (Å²) in [5, 5.41) is 19.2. The van der Waals surface area contributed by atoms with Crippen LogP contribution < -0.4 is 0 Å². The number of hydrogen-bond donors (Lipinski definition) is 1. The minimum atomic E-state index is -0.565. The molecule has 2 heterocycles. The largest absolute Gasteiger partial charge is 0.493 e. The Balaban J connectivity index is 1.75. The molecule has 1 amide bonds. The van der Waals surface area contributed by atoms with E-state index in [0.29, 0.717) is 33.6 Å². The second-order valence-corrected chi connectivity index (χ2v) is 6.70. The van der Waals surface area contributed by atoms with Crippen molar-refractivity contribution in [3.63, 3.8) is 0 Å². The van der Waals surface area contributed by atoms with Crippen molar-refractivity contribution in [1.82, 2.24) is 4.57 Å². The molecular weight excluding hydrogens is 373 g/mol. The molecule has 1 N–H and O–H groups in total. The molecular formula is C22H18FN3O3. The highest BCUT2D eigenvalue weighted by molar-refractivity contribution is 5.98. The fourth-order valence-electron chi connectivity index (χ4n) is 3.32. The number of benzene rings is 2. The standard InChI is InChI=1S/C22H18FN3O3/c1-13-11-17(14(2)29-13)21(27)25-24-20-16-8-4-6-10-19(16)26(22(20)28)12-15-7-3-5-9-18(15)23/h3-11,28H,12H2,1-2H3. The molecule has 0 atom stereocenters. The zero-order valence-electron chi connectivity index (χ0n) is 15.9. The molecule has 0 fully saturated rings. The fourth-order valence-corrected chi connectivity index (χ4v) is 3.32. The molecule has 0 spiro atoms. The SMILES string of the molecule is Cc1cc(C(=O)N=Nc2c(O)n(Cc3ccccc3F)c3ccccc23)c(C)o1. The third-order valence-electron chi connectivity index (χ3n) is 4.72. The molecule has 6 nitrogen and oxygen atoms in total. The summed E-state index contributed by atoms with van der Waals surface area (Å²) in [7, 11) is 0. The van der Waals surface area contributed by atoms with Gasteiger partial charge in [0.15, 0.2) is 5.69 Å². The van der Waals surface area contributed by atoms with Crippen molar-refractivity contribution >= 4 is 22.5 Å². The molecule has 0 aliphatic rings. The molecule has 0 aliphatic carbocycles. The van der Waals surface area contributed by atoms with Crippen molar-refractivity contribution in [2.75, 3.05) is 0 Å². The van der Waals surface area contributed by atoms with E-state index in [4.69, 9.17) is 4.42 Å². The molecule has 29 heavy (non-hydrogen) atoms. The van der Waals surface area contributed by atoms with E-state index in [9.17, 15) is 14.3 Å². The lowest BCUT2D eigenvalue weighted by Gasteiger charge is -2.08. The number of para-hydroxylation sites is 1. The van der Waals surface area contributed by atoms with Crippen LogP contribution in [0.15, 0.2) is 69.2 Å². The van der Waals surface area contributed by atoms with Crippen LogP contribution in [-0.4, -0.2) is 15.6 Å². The summed E-state index contributed by atoms with van der Waals surface area (Å²) in [6.45, 7) is 3.53. The van der Waals surface area contributed by atoms with Crippen LogP contribution in [0.4, 0.5) is 10.1 Å². The number of fused-ring (bicyclic) bond motifs is 1. The molecule has 0 aliphatic heterocycles. The summed E-state index contributed by atoms with van der Waals surface area (Å²) in [6, 6.07) is 15.1. The summed E-state index contributed by atoms with van der Waals surface area (Å²) in [4.78, 5) is 12.4. The average Bonchev–Trinajstić information content (AvgIpc) is 3.18. The van der Waals surface area contributed by atoms with E-state index >= 15 is 0 Å². The molecule has 7 heteroatoms. The van der Waals surface area contributed by atoms with E-state index in [1.54, 1.807) is 60.9 Å². The van der Waals surface area contributed by atoms with Crippen LogP contribution in [0.5, 0.6) is 5.88 Å². The molecule has 4 rings (SSSR count). The molecule has 0 saturated carbocycles. The minimum Gasteiger partial charge on any atom is -0.493 e. The van der Waals surface area contributed by atoms with Crippen LogP contribution in [-0.2, 0) is 6.54 Å². The minimum absolute atomic E-state index is 0.114. The van der Waals surface area contributed by atoms with Crippen LogP contribution in [0, 0.1) is 19.7 Å². The zero-order chi connectivity index (χ0) is 20.5. The maximum atomic E-state index is 14.1. The van der Waals surface area contributed by atoms with E-state index < -0.39 is 5.91 Å². The molecule has 0 unspecified atom stereocenters. The van der Waals surface area contributed by atoms with Crippen LogP contribution in [0.25, 0.3) is 10.9 Å². The van der Waals surface area contributed by atoms with Crippen molar-refractivity contribution in [2.45, 2.75) is 20.4 Å². The predicted molar refractivity (Wildman–Crippen MR) is 106 cm³/mol. The fraction of sp³-hybridized carbons (Fsp3) is 0.136. The average molecular weight is 391 g/mol. The second-order valence-electron chi connectivity index (χ2n) is 6.70. The number of halogens is 1. The molecule has 0 saturated heterocycles. The quantitative estimate of drug-likeness (QED) is 0.455. The van der Waals surface area contributed by atoms with Gasteiger partial charge in [0.1, 0.15) is 17.3 Å². The van der Waals surface area contributed by atoms with E-state index in [1.807, 2.05) is 6.07 Å². The molecule has 4 aromatic rings. The summed E-state index contributed by atoms with van der Waals surface area (Å²) in [5.74, 6) is -0.0623. The topological polar surface area (TPSA) is 80.1 Å². The van der Waals surface area contributed by atoms with Gasteiger partial charge in [-0.3, -0.25) is 4.79 Å². The lowest BCUT2D eigenvalue weighted by atomic mass is 10.2.